The summed E-state index contributed by atoms with van der Waals surface area (Å²) in [5, 5.41) is 11.5. The van der Waals surface area contributed by atoms with Gasteiger partial charge in [-0.15, -0.1) is 0 Å². The van der Waals surface area contributed by atoms with Crippen LogP contribution in [0.2, 0.25) is 0 Å². The number of carbonyl (C=O) groups excluding carboxylic acids is 1. The van der Waals surface area contributed by atoms with Gasteiger partial charge in [0.15, 0.2) is 0 Å². The highest BCUT2D eigenvalue weighted by atomic mass is 16.1. The lowest BCUT2D eigenvalue weighted by Gasteiger charge is -2.02. The second-order valence-electron chi connectivity index (χ2n) is 3.47. The Bertz CT molecular complexity index is 455. The topological polar surface area (TPSA) is 52.9 Å². The second-order valence-corrected chi connectivity index (χ2v) is 3.47. The fourth-order valence-electron chi connectivity index (χ4n) is 1.34. The van der Waals surface area contributed by atoms with Crippen molar-refractivity contribution in [3.8, 4) is 6.07 Å². The molecule has 0 bridgehead atoms. The third kappa shape index (κ3) is 3.25. The molecule has 0 saturated carbocycles. The third-order valence-electron chi connectivity index (χ3n) is 2.26. The Morgan fingerprint density at radius 2 is 2.31 bits per heavy atom. The monoisotopic (exact) mass is 214 g/mol. The molecule has 0 atom stereocenters. The smallest absolute Gasteiger partial charge is 0.217 e. The van der Waals surface area contributed by atoms with Gasteiger partial charge in [0.1, 0.15) is 0 Å². The third-order valence-corrected chi connectivity index (χ3v) is 2.26. The van der Waals surface area contributed by atoms with E-state index in [0.29, 0.717) is 12.1 Å². The molecule has 0 radical (unpaired) electrons. The lowest BCUT2D eigenvalue weighted by atomic mass is 10.0. The normalized spacial score (nSPS) is 10.1. The number of nitrogens with one attached hydrogen (secondary N) is 1. The van der Waals surface area contributed by atoms with E-state index >= 15 is 0 Å². The van der Waals surface area contributed by atoms with E-state index in [0.717, 1.165) is 11.1 Å². The summed E-state index contributed by atoms with van der Waals surface area (Å²) in [6.45, 7) is 3.90. The summed E-state index contributed by atoms with van der Waals surface area (Å²) in [6, 6.07) is 7.73. The molecule has 1 aromatic carbocycles. The molecule has 0 spiro atoms. The van der Waals surface area contributed by atoms with Crippen LogP contribution in [0.15, 0.2) is 24.3 Å². The van der Waals surface area contributed by atoms with Crippen molar-refractivity contribution >= 4 is 12.0 Å². The van der Waals surface area contributed by atoms with Crippen molar-refractivity contribution in [1.82, 2.24) is 5.32 Å². The fourth-order valence-corrected chi connectivity index (χ4v) is 1.34. The van der Waals surface area contributed by atoms with Gasteiger partial charge < -0.3 is 5.32 Å². The van der Waals surface area contributed by atoms with E-state index in [1.807, 2.05) is 31.2 Å². The molecule has 0 aromatic heterocycles. The maximum atomic E-state index is 10.6. The lowest BCUT2D eigenvalue weighted by molar-refractivity contribution is -0.118. The molecule has 1 N–H and O–H groups in total. The van der Waals surface area contributed by atoms with Gasteiger partial charge in [0, 0.05) is 13.5 Å². The van der Waals surface area contributed by atoms with Crippen molar-refractivity contribution in [1.29, 1.82) is 5.26 Å². The molecule has 0 aliphatic carbocycles. The predicted octanol–water partition coefficient (Wildman–Crippen LogP) is 2.02. The first kappa shape index (κ1) is 12.0. The first-order chi connectivity index (χ1) is 7.65. The van der Waals surface area contributed by atoms with Gasteiger partial charge in [-0.2, -0.15) is 5.26 Å². The molecule has 0 saturated heterocycles. The van der Waals surface area contributed by atoms with E-state index < -0.39 is 0 Å². The summed E-state index contributed by atoms with van der Waals surface area (Å²) < 4.78 is 0. The van der Waals surface area contributed by atoms with Gasteiger partial charge in [0.05, 0.1) is 11.6 Å². The van der Waals surface area contributed by atoms with Gasteiger partial charge >= 0.3 is 0 Å². The summed E-state index contributed by atoms with van der Waals surface area (Å²) in [4.78, 5) is 10.6. The number of rotatable bonds is 3. The minimum Gasteiger partial charge on any atom is -0.353 e. The van der Waals surface area contributed by atoms with Crippen molar-refractivity contribution in [3.63, 3.8) is 0 Å². The Morgan fingerprint density at radius 3 is 2.94 bits per heavy atom. The van der Waals surface area contributed by atoms with Crippen LogP contribution >= 0.6 is 0 Å². The molecule has 0 aliphatic rings. The van der Waals surface area contributed by atoms with Crippen LogP contribution in [0, 0.1) is 18.3 Å². The zero-order chi connectivity index (χ0) is 12.0. The van der Waals surface area contributed by atoms with E-state index in [1.165, 1.54) is 6.92 Å². The van der Waals surface area contributed by atoms with E-state index in [4.69, 9.17) is 5.26 Å². The standard InChI is InChI=1S/C13H14N2O/c1-10-12(5-3-6-13(10)9-14)7-4-8-15-11(2)16/h3-7H,8H2,1-2H3,(H,15,16). The highest BCUT2D eigenvalue weighted by Gasteiger charge is 1.99. The van der Waals surface area contributed by atoms with Crippen LogP contribution in [-0.2, 0) is 4.79 Å². The zero-order valence-electron chi connectivity index (χ0n) is 9.45. The molecular formula is C13H14N2O. The number of hydrogen-bond acceptors (Lipinski definition) is 2. The maximum Gasteiger partial charge on any atom is 0.217 e. The average molecular weight is 214 g/mol. The van der Waals surface area contributed by atoms with Crippen molar-refractivity contribution in [2.75, 3.05) is 6.54 Å². The minimum atomic E-state index is -0.0489. The van der Waals surface area contributed by atoms with E-state index in [2.05, 4.69) is 11.4 Å². The Hall–Kier alpha value is -2.08. The van der Waals surface area contributed by atoms with Crippen LogP contribution in [0.25, 0.3) is 6.08 Å². The van der Waals surface area contributed by atoms with E-state index in [9.17, 15) is 4.79 Å². The first-order valence-electron chi connectivity index (χ1n) is 5.06. The second kappa shape index (κ2) is 5.72. The van der Waals surface area contributed by atoms with Crippen molar-refractivity contribution in [2.24, 2.45) is 0 Å². The molecule has 1 amide bonds. The Labute approximate surface area is 95.4 Å². The van der Waals surface area contributed by atoms with Gasteiger partial charge in [-0.1, -0.05) is 24.3 Å². The van der Waals surface area contributed by atoms with Crippen LogP contribution in [0.4, 0.5) is 0 Å². The number of hydrogen-bond donors (Lipinski definition) is 1. The molecule has 0 fully saturated rings. The summed E-state index contributed by atoms with van der Waals surface area (Å²) in [5.41, 5.74) is 2.65. The van der Waals surface area contributed by atoms with Gasteiger partial charge in [0.25, 0.3) is 0 Å². The fraction of sp³-hybridized carbons (Fsp3) is 0.231. The quantitative estimate of drug-likeness (QED) is 0.836. The van der Waals surface area contributed by atoms with Crippen molar-refractivity contribution in [2.45, 2.75) is 13.8 Å². The van der Waals surface area contributed by atoms with Gasteiger partial charge in [0.2, 0.25) is 5.91 Å². The van der Waals surface area contributed by atoms with Crippen molar-refractivity contribution in [3.05, 3.63) is 41.0 Å². The molecule has 16 heavy (non-hydrogen) atoms. The molecule has 82 valence electrons. The Morgan fingerprint density at radius 1 is 1.56 bits per heavy atom. The Kier molecular flexibility index (Phi) is 4.28. The van der Waals surface area contributed by atoms with Crippen LogP contribution in [0.5, 0.6) is 0 Å². The molecule has 1 rings (SSSR count). The molecule has 0 heterocycles. The summed E-state index contributed by atoms with van der Waals surface area (Å²) in [5.74, 6) is -0.0489. The van der Waals surface area contributed by atoms with Gasteiger partial charge in [-0.05, 0) is 24.1 Å². The zero-order valence-corrected chi connectivity index (χ0v) is 9.45. The molecule has 3 heteroatoms. The Balaban J connectivity index is 2.75. The summed E-state index contributed by atoms with van der Waals surface area (Å²) in [6.07, 6.45) is 3.77. The largest absolute Gasteiger partial charge is 0.353 e. The van der Waals surface area contributed by atoms with Crippen LogP contribution in [-0.4, -0.2) is 12.5 Å². The predicted molar refractivity (Wildman–Crippen MR) is 63.6 cm³/mol. The summed E-state index contributed by atoms with van der Waals surface area (Å²) in [7, 11) is 0. The van der Waals surface area contributed by atoms with E-state index in [-0.39, 0.29) is 5.91 Å². The highest BCUT2D eigenvalue weighted by molar-refractivity contribution is 5.73. The van der Waals surface area contributed by atoms with Crippen LogP contribution < -0.4 is 5.32 Å². The molecular weight excluding hydrogens is 200 g/mol. The van der Waals surface area contributed by atoms with E-state index in [1.54, 1.807) is 6.07 Å². The highest BCUT2D eigenvalue weighted by Crippen LogP contribution is 2.13. The molecule has 3 nitrogen and oxygen atoms in total. The first-order valence-corrected chi connectivity index (χ1v) is 5.06. The molecule has 1 aromatic rings. The number of nitriles is 1. The maximum absolute atomic E-state index is 10.6. The SMILES string of the molecule is CC(=O)NCC=Cc1cccc(C#N)c1C. The lowest BCUT2D eigenvalue weighted by Crippen LogP contribution is -2.19. The number of nitrogens with zero attached hydrogens (tertiary/aromatic N) is 1. The van der Waals surface area contributed by atoms with Crippen LogP contribution in [0.3, 0.4) is 0 Å². The molecule has 0 unspecified atom stereocenters. The molecule has 0 aliphatic heterocycles. The number of amides is 1. The van der Waals surface area contributed by atoms with Crippen molar-refractivity contribution < 1.29 is 4.79 Å². The summed E-state index contributed by atoms with van der Waals surface area (Å²) >= 11 is 0. The van der Waals surface area contributed by atoms with Gasteiger partial charge in [-0.3, -0.25) is 4.79 Å². The van der Waals surface area contributed by atoms with Crippen LogP contribution in [0.1, 0.15) is 23.6 Å². The average Bonchev–Trinajstić information content (AvgIpc) is 2.26. The van der Waals surface area contributed by atoms with Gasteiger partial charge in [-0.25, -0.2) is 0 Å². The minimum absolute atomic E-state index is 0.0489. The number of carbonyl (C=O) groups is 1. The number of benzene rings is 1.